The minimum absolute atomic E-state index is 1.05. The van der Waals surface area contributed by atoms with Crippen molar-refractivity contribution in [2.75, 3.05) is 4.90 Å². The lowest BCUT2D eigenvalue weighted by atomic mass is 9.84. The van der Waals surface area contributed by atoms with E-state index < -0.39 is 0 Å². The monoisotopic (exact) mass is 779 g/mol. The first kappa shape index (κ1) is 35.0. The molecule has 0 aliphatic heterocycles. The van der Waals surface area contributed by atoms with E-state index in [-0.39, 0.29) is 0 Å². The Kier molecular flexibility index (Phi) is 9.95. The summed E-state index contributed by atoms with van der Waals surface area (Å²) in [6.07, 6.45) is 0. The highest BCUT2D eigenvalue weighted by atomic mass is 79.9. The molecule has 0 spiro atoms. The zero-order valence-corrected chi connectivity index (χ0v) is 32.4. The lowest BCUT2D eigenvalue weighted by molar-refractivity contribution is 1.28. The molecule has 266 valence electrons. The molecule has 0 saturated heterocycles. The van der Waals surface area contributed by atoms with Crippen molar-refractivity contribution in [1.82, 2.24) is 0 Å². The summed E-state index contributed by atoms with van der Waals surface area (Å²) >= 11 is 3.65. The normalized spacial score (nSPS) is 10.9. The van der Waals surface area contributed by atoms with Gasteiger partial charge in [0.1, 0.15) is 0 Å². The summed E-state index contributed by atoms with van der Waals surface area (Å²) in [6.45, 7) is 0. The van der Waals surface area contributed by atoms with Crippen LogP contribution >= 0.6 is 15.9 Å². The second-order valence-corrected chi connectivity index (χ2v) is 14.8. The van der Waals surface area contributed by atoms with Crippen molar-refractivity contribution in [2.45, 2.75) is 0 Å². The number of hydrogen-bond donors (Lipinski definition) is 0. The average Bonchev–Trinajstić information content (AvgIpc) is 3.28. The van der Waals surface area contributed by atoms with Gasteiger partial charge in [0, 0.05) is 21.5 Å². The van der Waals surface area contributed by atoms with Gasteiger partial charge in [0.2, 0.25) is 0 Å². The zero-order valence-electron chi connectivity index (χ0n) is 30.8. The van der Waals surface area contributed by atoms with Gasteiger partial charge in [-0.3, -0.25) is 0 Å². The molecule has 0 saturated carbocycles. The van der Waals surface area contributed by atoms with Gasteiger partial charge in [-0.25, -0.2) is 0 Å². The second-order valence-electron chi connectivity index (χ2n) is 13.9. The summed E-state index contributed by atoms with van der Waals surface area (Å²) in [7, 11) is 0. The van der Waals surface area contributed by atoms with Crippen molar-refractivity contribution in [3.8, 4) is 66.8 Å². The molecule has 0 amide bonds. The van der Waals surface area contributed by atoms with Gasteiger partial charge < -0.3 is 4.90 Å². The molecule has 0 unspecified atom stereocenters. The molecule has 56 heavy (non-hydrogen) atoms. The van der Waals surface area contributed by atoms with Crippen LogP contribution in [0.5, 0.6) is 0 Å². The molecular formula is C54H38BrN. The molecule has 9 aromatic rings. The molecule has 0 N–H and O–H groups in total. The summed E-state index contributed by atoms with van der Waals surface area (Å²) in [5, 5.41) is 0. The van der Waals surface area contributed by atoms with Gasteiger partial charge in [0.05, 0.1) is 0 Å². The molecule has 0 aliphatic carbocycles. The van der Waals surface area contributed by atoms with E-state index in [4.69, 9.17) is 0 Å². The molecule has 0 aliphatic rings. The van der Waals surface area contributed by atoms with E-state index in [2.05, 4.69) is 251 Å². The minimum atomic E-state index is 1.05. The van der Waals surface area contributed by atoms with Crippen LogP contribution in [0.25, 0.3) is 66.8 Å². The van der Waals surface area contributed by atoms with Gasteiger partial charge in [-0.05, 0) is 127 Å². The second kappa shape index (κ2) is 15.9. The maximum Gasteiger partial charge on any atom is 0.0462 e. The van der Waals surface area contributed by atoms with Gasteiger partial charge in [0.15, 0.2) is 0 Å². The van der Waals surface area contributed by atoms with E-state index >= 15 is 0 Å². The highest BCUT2D eigenvalue weighted by molar-refractivity contribution is 9.10. The number of nitrogens with zero attached hydrogens (tertiary/aromatic N) is 1. The Hall–Kier alpha value is -6.74. The number of anilines is 3. The Bertz CT molecular complexity index is 2610. The smallest absolute Gasteiger partial charge is 0.0462 e. The van der Waals surface area contributed by atoms with Crippen LogP contribution in [0.4, 0.5) is 17.1 Å². The summed E-state index contributed by atoms with van der Waals surface area (Å²) in [5.74, 6) is 0. The van der Waals surface area contributed by atoms with Crippen LogP contribution in [0.2, 0.25) is 0 Å². The van der Waals surface area contributed by atoms with Gasteiger partial charge in [0.25, 0.3) is 0 Å². The average molecular weight is 781 g/mol. The van der Waals surface area contributed by atoms with Crippen LogP contribution in [-0.4, -0.2) is 0 Å². The third-order valence-electron chi connectivity index (χ3n) is 10.4. The third kappa shape index (κ3) is 7.36. The van der Waals surface area contributed by atoms with Crippen LogP contribution in [0.1, 0.15) is 0 Å². The fourth-order valence-corrected chi connectivity index (χ4v) is 7.81. The Morgan fingerprint density at radius 2 is 0.536 bits per heavy atom. The van der Waals surface area contributed by atoms with E-state index in [0.29, 0.717) is 0 Å². The summed E-state index contributed by atoms with van der Waals surface area (Å²) in [4.78, 5) is 2.33. The fourth-order valence-electron chi connectivity index (χ4n) is 7.54. The van der Waals surface area contributed by atoms with Crippen molar-refractivity contribution < 1.29 is 0 Å². The Labute approximate surface area is 338 Å². The molecule has 0 aromatic heterocycles. The van der Waals surface area contributed by atoms with Crippen LogP contribution < -0.4 is 4.90 Å². The lowest BCUT2D eigenvalue weighted by Gasteiger charge is -2.26. The van der Waals surface area contributed by atoms with Crippen LogP contribution in [-0.2, 0) is 0 Å². The van der Waals surface area contributed by atoms with E-state index in [9.17, 15) is 0 Å². The van der Waals surface area contributed by atoms with E-state index in [1.165, 1.54) is 61.2 Å². The molecule has 2 heteroatoms. The molecule has 9 aromatic carbocycles. The van der Waals surface area contributed by atoms with Crippen molar-refractivity contribution >= 4 is 33.0 Å². The van der Waals surface area contributed by atoms with Crippen molar-refractivity contribution in [3.05, 3.63) is 235 Å². The van der Waals surface area contributed by atoms with Crippen LogP contribution in [0.15, 0.2) is 235 Å². The van der Waals surface area contributed by atoms with E-state index in [1.807, 2.05) is 0 Å². The molecule has 0 heterocycles. The number of hydrogen-bond acceptors (Lipinski definition) is 1. The van der Waals surface area contributed by atoms with Crippen molar-refractivity contribution in [3.63, 3.8) is 0 Å². The molecular weight excluding hydrogens is 743 g/mol. The highest BCUT2D eigenvalue weighted by Crippen LogP contribution is 2.45. The molecule has 1 nitrogen and oxygen atoms in total. The standard InChI is InChI=1S/C54H38BrN/c55-48-29-35-51(36-30-48)56(49-31-25-43(26-32-49)42-23-21-41(22-24-42)39-13-5-1-6-14-39)50-33-27-46(28-34-50)54-52(44-17-9-3-10-18-44)37-47(40-15-7-2-8-16-40)38-53(54)45-19-11-4-12-20-45/h1-38H. The van der Waals surface area contributed by atoms with Gasteiger partial charge >= 0.3 is 0 Å². The molecule has 0 radical (unpaired) electrons. The van der Waals surface area contributed by atoms with Crippen LogP contribution in [0, 0.1) is 0 Å². The maximum absolute atomic E-state index is 3.65. The number of halogens is 1. The first-order valence-electron chi connectivity index (χ1n) is 18.9. The number of benzene rings is 9. The Morgan fingerprint density at radius 3 is 0.929 bits per heavy atom. The van der Waals surface area contributed by atoms with E-state index in [0.717, 1.165) is 27.1 Å². The minimum Gasteiger partial charge on any atom is -0.311 e. The summed E-state index contributed by atoms with van der Waals surface area (Å²) < 4.78 is 1.05. The predicted octanol–water partition coefficient (Wildman–Crippen LogP) is 15.9. The summed E-state index contributed by atoms with van der Waals surface area (Å²) in [5.41, 5.74) is 17.6. The number of rotatable bonds is 9. The first-order valence-corrected chi connectivity index (χ1v) is 19.7. The SMILES string of the molecule is Brc1ccc(N(c2ccc(-c3ccc(-c4ccccc4)cc3)cc2)c2ccc(-c3c(-c4ccccc4)cc(-c4ccccc4)cc3-c3ccccc3)cc2)cc1. The Morgan fingerprint density at radius 1 is 0.250 bits per heavy atom. The lowest BCUT2D eigenvalue weighted by Crippen LogP contribution is -2.09. The predicted molar refractivity (Wildman–Crippen MR) is 241 cm³/mol. The fraction of sp³-hybridized carbons (Fsp3) is 0. The highest BCUT2D eigenvalue weighted by Gasteiger charge is 2.19. The zero-order chi connectivity index (χ0) is 37.7. The molecule has 9 rings (SSSR count). The molecule has 0 fully saturated rings. The quantitative estimate of drug-likeness (QED) is 0.141. The van der Waals surface area contributed by atoms with Crippen LogP contribution in [0.3, 0.4) is 0 Å². The van der Waals surface area contributed by atoms with Gasteiger partial charge in [-0.1, -0.05) is 186 Å². The summed E-state index contributed by atoms with van der Waals surface area (Å²) in [6, 6.07) is 82.8. The first-order chi connectivity index (χ1) is 27.7. The molecule has 0 atom stereocenters. The largest absolute Gasteiger partial charge is 0.311 e. The third-order valence-corrected chi connectivity index (χ3v) is 10.9. The van der Waals surface area contributed by atoms with Crippen molar-refractivity contribution in [1.29, 1.82) is 0 Å². The maximum atomic E-state index is 3.65. The topological polar surface area (TPSA) is 3.24 Å². The van der Waals surface area contributed by atoms with Gasteiger partial charge in [-0.15, -0.1) is 0 Å². The Balaban J connectivity index is 1.13. The molecule has 0 bridgehead atoms. The van der Waals surface area contributed by atoms with E-state index in [1.54, 1.807) is 0 Å². The van der Waals surface area contributed by atoms with Crippen molar-refractivity contribution in [2.24, 2.45) is 0 Å². The van der Waals surface area contributed by atoms with Gasteiger partial charge in [-0.2, -0.15) is 0 Å².